The summed E-state index contributed by atoms with van der Waals surface area (Å²) in [4.78, 5) is 4.18. The molecule has 0 spiro atoms. The van der Waals surface area contributed by atoms with Crippen molar-refractivity contribution in [2.24, 2.45) is 0 Å². The molecule has 1 aliphatic rings. The average Bonchev–Trinajstić information content (AvgIpc) is 2.19. The molecule has 1 aliphatic heterocycles. The van der Waals surface area contributed by atoms with Gasteiger partial charge in [0, 0.05) is 17.5 Å². The Morgan fingerprint density at radius 3 is 3.29 bits per heavy atom. The predicted octanol–water partition coefficient (Wildman–Crippen LogP) is 1.93. The number of rotatable bonds is 1. The van der Waals surface area contributed by atoms with Crippen molar-refractivity contribution in [1.82, 2.24) is 4.98 Å². The van der Waals surface area contributed by atoms with Gasteiger partial charge in [0.15, 0.2) is 0 Å². The topological polar surface area (TPSA) is 42.4 Å². The van der Waals surface area contributed by atoms with Gasteiger partial charge in [0.25, 0.3) is 0 Å². The van der Waals surface area contributed by atoms with Crippen molar-refractivity contribution in [3.05, 3.63) is 29.6 Å². The maximum Gasteiger partial charge on any atom is 0.247 e. The molecule has 2 heterocycles. The molecule has 0 bridgehead atoms. The van der Waals surface area contributed by atoms with Crippen LogP contribution < -0.4 is 4.74 Å². The van der Waals surface area contributed by atoms with Crippen molar-refractivity contribution >= 4 is 17.8 Å². The van der Waals surface area contributed by atoms with E-state index in [4.69, 9.17) is 4.74 Å². The lowest BCUT2D eigenvalue weighted by atomic mass is 10.1. The molecule has 0 radical (unpaired) electrons. The van der Waals surface area contributed by atoms with Crippen LogP contribution in [0.25, 0.3) is 6.08 Å². The van der Waals surface area contributed by atoms with Crippen molar-refractivity contribution in [2.45, 2.75) is 18.3 Å². The number of aliphatic hydroxyl groups is 1. The van der Waals surface area contributed by atoms with Crippen LogP contribution in [0, 0.1) is 6.92 Å². The highest BCUT2D eigenvalue weighted by Gasteiger charge is 2.22. The molecule has 3 nitrogen and oxygen atoms in total. The molecular formula is C10H11NO2S. The summed E-state index contributed by atoms with van der Waals surface area (Å²) in [5.74, 6) is 1.44. The summed E-state index contributed by atoms with van der Waals surface area (Å²) in [7, 11) is 0. The second-order valence-corrected chi connectivity index (χ2v) is 4.07. The molecule has 1 unspecified atom stereocenters. The van der Waals surface area contributed by atoms with Crippen molar-refractivity contribution in [3.8, 4) is 5.75 Å². The molecule has 1 atom stereocenters. The Bertz CT molecular complexity index is 379. The molecule has 0 amide bonds. The van der Waals surface area contributed by atoms with Crippen LogP contribution in [0.5, 0.6) is 5.75 Å². The fraction of sp³-hybridized carbons (Fsp3) is 0.300. The normalized spacial score (nSPS) is 19.7. The Kier molecular flexibility index (Phi) is 2.48. The van der Waals surface area contributed by atoms with Crippen LogP contribution in [0.4, 0.5) is 0 Å². The summed E-state index contributed by atoms with van der Waals surface area (Å²) in [6.07, 6.45) is 3.54. The van der Waals surface area contributed by atoms with E-state index in [9.17, 15) is 5.11 Å². The van der Waals surface area contributed by atoms with Gasteiger partial charge in [-0.05, 0) is 12.5 Å². The van der Waals surface area contributed by atoms with Gasteiger partial charge in [0.1, 0.15) is 5.75 Å². The van der Waals surface area contributed by atoms with Gasteiger partial charge in [-0.25, -0.2) is 0 Å². The number of aryl methyl sites for hydroxylation is 1. The van der Waals surface area contributed by atoms with Gasteiger partial charge in [0.2, 0.25) is 5.62 Å². The van der Waals surface area contributed by atoms with Crippen LogP contribution in [0.2, 0.25) is 0 Å². The summed E-state index contributed by atoms with van der Waals surface area (Å²) in [6.45, 7) is 5.59. The van der Waals surface area contributed by atoms with E-state index < -0.39 is 5.62 Å². The van der Waals surface area contributed by atoms with Crippen molar-refractivity contribution in [1.29, 1.82) is 0 Å². The van der Waals surface area contributed by atoms with E-state index >= 15 is 0 Å². The van der Waals surface area contributed by atoms with E-state index in [-0.39, 0.29) is 0 Å². The molecule has 2 rings (SSSR count). The number of hydrogen-bond donors (Lipinski definition) is 1. The van der Waals surface area contributed by atoms with Gasteiger partial charge in [-0.2, -0.15) is 0 Å². The number of hydrogen-bond acceptors (Lipinski definition) is 4. The third-order valence-corrected chi connectivity index (χ3v) is 2.99. The van der Waals surface area contributed by atoms with Crippen LogP contribution in [-0.4, -0.2) is 15.7 Å². The second-order valence-electron chi connectivity index (χ2n) is 3.05. The minimum Gasteiger partial charge on any atom is -0.453 e. The monoisotopic (exact) mass is 209 g/mol. The first-order valence-electron chi connectivity index (χ1n) is 4.29. The number of thioether (sulfide) groups is 1. The molecule has 0 saturated carbocycles. The summed E-state index contributed by atoms with van der Waals surface area (Å²) < 4.78 is 5.31. The standard InChI is InChI=1S/C10H11NO2S/c1-3-7-4-11-6(2)9-8(7)5-14-10(12)13-9/h3-4,10,12H,1,5H2,2H3. The molecule has 1 aromatic rings. The molecule has 0 aromatic carbocycles. The van der Waals surface area contributed by atoms with E-state index in [1.807, 2.05) is 6.92 Å². The minimum absolute atomic E-state index is 0.702. The Morgan fingerprint density at radius 1 is 1.79 bits per heavy atom. The first-order chi connectivity index (χ1) is 6.72. The summed E-state index contributed by atoms with van der Waals surface area (Å²) in [5, 5.41) is 9.33. The highest BCUT2D eigenvalue weighted by molar-refractivity contribution is 7.98. The third kappa shape index (κ3) is 1.51. The third-order valence-electron chi connectivity index (χ3n) is 2.16. The van der Waals surface area contributed by atoms with E-state index in [0.717, 1.165) is 22.6 Å². The first-order valence-corrected chi connectivity index (χ1v) is 5.34. The highest BCUT2D eigenvalue weighted by Crippen LogP contribution is 2.36. The quantitative estimate of drug-likeness (QED) is 0.767. The van der Waals surface area contributed by atoms with Gasteiger partial charge in [-0.3, -0.25) is 4.98 Å². The predicted molar refractivity (Wildman–Crippen MR) is 57.0 cm³/mol. The van der Waals surface area contributed by atoms with Gasteiger partial charge in [0.05, 0.1) is 5.69 Å². The molecule has 1 aromatic heterocycles. The summed E-state index contributed by atoms with van der Waals surface area (Å²) in [5.41, 5.74) is 2.08. The van der Waals surface area contributed by atoms with Crippen LogP contribution in [0.3, 0.4) is 0 Å². The number of ether oxygens (including phenoxy) is 1. The molecule has 74 valence electrons. The van der Waals surface area contributed by atoms with Gasteiger partial charge in [-0.15, -0.1) is 0 Å². The van der Waals surface area contributed by atoms with E-state index in [0.29, 0.717) is 5.75 Å². The summed E-state index contributed by atoms with van der Waals surface area (Å²) in [6, 6.07) is 0. The average molecular weight is 209 g/mol. The number of aliphatic hydroxyl groups excluding tert-OH is 1. The molecular weight excluding hydrogens is 198 g/mol. The lowest BCUT2D eigenvalue weighted by molar-refractivity contribution is 0.0578. The largest absolute Gasteiger partial charge is 0.453 e. The summed E-state index contributed by atoms with van der Waals surface area (Å²) >= 11 is 1.36. The first kappa shape index (κ1) is 9.55. The molecule has 0 aliphatic carbocycles. The van der Waals surface area contributed by atoms with Gasteiger partial charge >= 0.3 is 0 Å². The number of fused-ring (bicyclic) bond motifs is 1. The van der Waals surface area contributed by atoms with E-state index in [1.54, 1.807) is 12.3 Å². The molecule has 4 heteroatoms. The smallest absolute Gasteiger partial charge is 0.247 e. The van der Waals surface area contributed by atoms with Crippen LogP contribution in [-0.2, 0) is 5.75 Å². The molecule has 14 heavy (non-hydrogen) atoms. The lowest BCUT2D eigenvalue weighted by Crippen LogP contribution is -2.18. The number of pyridine rings is 1. The number of aromatic nitrogens is 1. The zero-order valence-electron chi connectivity index (χ0n) is 7.86. The highest BCUT2D eigenvalue weighted by atomic mass is 32.2. The Hall–Kier alpha value is -1.00. The second kappa shape index (κ2) is 3.63. The lowest BCUT2D eigenvalue weighted by Gasteiger charge is -2.23. The van der Waals surface area contributed by atoms with Crippen LogP contribution >= 0.6 is 11.8 Å². The van der Waals surface area contributed by atoms with Crippen LogP contribution in [0.1, 0.15) is 16.8 Å². The maximum absolute atomic E-state index is 9.33. The molecule has 1 N–H and O–H groups in total. The Labute approximate surface area is 86.8 Å². The Balaban J connectivity index is 2.54. The van der Waals surface area contributed by atoms with Crippen molar-refractivity contribution in [2.75, 3.05) is 0 Å². The fourth-order valence-electron chi connectivity index (χ4n) is 1.42. The zero-order valence-corrected chi connectivity index (χ0v) is 8.67. The number of nitrogens with zero attached hydrogens (tertiary/aromatic N) is 1. The van der Waals surface area contributed by atoms with Crippen molar-refractivity contribution in [3.63, 3.8) is 0 Å². The molecule has 0 fully saturated rings. The Morgan fingerprint density at radius 2 is 2.57 bits per heavy atom. The van der Waals surface area contributed by atoms with Crippen LogP contribution in [0.15, 0.2) is 12.8 Å². The SMILES string of the molecule is C=Cc1cnc(C)c2c1CSC(O)O2. The van der Waals surface area contributed by atoms with Crippen molar-refractivity contribution < 1.29 is 9.84 Å². The van der Waals surface area contributed by atoms with Gasteiger partial charge < -0.3 is 9.84 Å². The van der Waals surface area contributed by atoms with Gasteiger partial charge in [-0.1, -0.05) is 24.4 Å². The fourth-order valence-corrected chi connectivity index (χ4v) is 2.19. The van der Waals surface area contributed by atoms with E-state index in [2.05, 4.69) is 11.6 Å². The van der Waals surface area contributed by atoms with E-state index in [1.165, 1.54) is 11.8 Å². The minimum atomic E-state index is -0.775. The maximum atomic E-state index is 9.33. The molecule has 0 saturated heterocycles. The zero-order chi connectivity index (χ0) is 10.1.